The summed E-state index contributed by atoms with van der Waals surface area (Å²) in [5.74, 6) is 0.172. The molecule has 0 fully saturated rings. The Balaban J connectivity index is 3.33. The number of hydrogen-bond acceptors (Lipinski definition) is 3. The standard InChI is InChI=1S/C16H22OS2/c1-15(2,3)12(14(17)16(4,5)6)11-13-18-9-7-8-10-19-13/h7-10H,1-6H3. The Bertz CT molecular complexity index is 460. The molecule has 19 heavy (non-hydrogen) atoms. The number of ketones is 1. The summed E-state index contributed by atoms with van der Waals surface area (Å²) in [6.45, 7) is 12.1. The molecule has 0 radical (unpaired) electrons. The van der Waals surface area contributed by atoms with Crippen LogP contribution in [0.2, 0.25) is 0 Å². The van der Waals surface area contributed by atoms with Gasteiger partial charge in [-0.1, -0.05) is 82.9 Å². The van der Waals surface area contributed by atoms with Crippen LogP contribution in [0.15, 0.2) is 38.5 Å². The van der Waals surface area contributed by atoms with Gasteiger partial charge in [0, 0.05) is 11.0 Å². The van der Waals surface area contributed by atoms with Crippen LogP contribution in [-0.2, 0) is 4.79 Å². The van der Waals surface area contributed by atoms with E-state index in [9.17, 15) is 4.79 Å². The molecule has 104 valence electrons. The van der Waals surface area contributed by atoms with Gasteiger partial charge in [-0.05, 0) is 16.2 Å². The van der Waals surface area contributed by atoms with Gasteiger partial charge in [-0.25, -0.2) is 0 Å². The van der Waals surface area contributed by atoms with Crippen molar-refractivity contribution in [1.82, 2.24) is 0 Å². The van der Waals surface area contributed by atoms with E-state index in [-0.39, 0.29) is 16.6 Å². The number of Topliss-reactive ketones (excluding diaryl/α,β-unsaturated/α-hetero) is 1. The second kappa shape index (κ2) is 6.21. The molecule has 0 aromatic rings. The summed E-state index contributed by atoms with van der Waals surface area (Å²) in [6, 6.07) is 0. The van der Waals surface area contributed by atoms with Crippen molar-refractivity contribution >= 4 is 29.3 Å². The molecule has 0 N–H and O–H groups in total. The van der Waals surface area contributed by atoms with E-state index in [4.69, 9.17) is 0 Å². The lowest BCUT2D eigenvalue weighted by Crippen LogP contribution is -2.28. The van der Waals surface area contributed by atoms with Crippen LogP contribution >= 0.6 is 23.5 Å². The van der Waals surface area contributed by atoms with E-state index in [0.29, 0.717) is 0 Å². The highest BCUT2D eigenvalue weighted by Gasteiger charge is 2.32. The Kier molecular flexibility index (Phi) is 5.37. The smallest absolute Gasteiger partial charge is 0.172 e. The van der Waals surface area contributed by atoms with Gasteiger partial charge in [0.05, 0.1) is 4.24 Å². The van der Waals surface area contributed by atoms with Gasteiger partial charge in [-0.3, -0.25) is 4.79 Å². The second-order valence-corrected chi connectivity index (χ2v) is 8.60. The first-order chi connectivity index (χ1) is 8.62. The van der Waals surface area contributed by atoms with E-state index in [2.05, 4.69) is 26.5 Å². The maximum atomic E-state index is 12.6. The number of rotatable bonds is 1. The van der Waals surface area contributed by atoms with Crippen LogP contribution in [0.25, 0.3) is 0 Å². The Morgan fingerprint density at radius 1 is 0.947 bits per heavy atom. The molecule has 3 heteroatoms. The average Bonchev–Trinajstić information content (AvgIpc) is 2.50. The quantitative estimate of drug-likeness (QED) is 0.468. The fraction of sp³-hybridized carbons (Fsp3) is 0.500. The lowest BCUT2D eigenvalue weighted by molar-refractivity contribution is -0.123. The molecule has 0 aromatic heterocycles. The van der Waals surface area contributed by atoms with Gasteiger partial charge >= 0.3 is 0 Å². The molecular weight excluding hydrogens is 272 g/mol. The zero-order valence-corrected chi connectivity index (χ0v) is 14.2. The van der Waals surface area contributed by atoms with Gasteiger partial charge < -0.3 is 0 Å². The predicted molar refractivity (Wildman–Crippen MR) is 87.9 cm³/mol. The van der Waals surface area contributed by atoms with Crippen molar-refractivity contribution < 1.29 is 4.79 Å². The summed E-state index contributed by atoms with van der Waals surface area (Å²) < 4.78 is 1.02. The van der Waals surface area contributed by atoms with Crippen molar-refractivity contribution in [3.63, 3.8) is 0 Å². The Labute approximate surface area is 125 Å². The lowest BCUT2D eigenvalue weighted by atomic mass is 9.76. The Morgan fingerprint density at radius 2 is 1.42 bits per heavy atom. The number of allylic oxidation sites excluding steroid dienone is 3. The Morgan fingerprint density at radius 3 is 1.79 bits per heavy atom. The minimum Gasteiger partial charge on any atom is -0.293 e. The maximum Gasteiger partial charge on any atom is 0.172 e. The minimum atomic E-state index is -0.373. The molecule has 0 amide bonds. The number of hydrogen-bond donors (Lipinski definition) is 0. The van der Waals surface area contributed by atoms with E-state index >= 15 is 0 Å². The van der Waals surface area contributed by atoms with Crippen LogP contribution < -0.4 is 0 Å². The highest BCUT2D eigenvalue weighted by atomic mass is 32.2. The monoisotopic (exact) mass is 294 g/mol. The first-order valence-corrected chi connectivity index (χ1v) is 8.09. The molecule has 0 aliphatic carbocycles. The first kappa shape index (κ1) is 16.4. The molecule has 0 bridgehead atoms. The van der Waals surface area contributed by atoms with Crippen LogP contribution in [-0.4, -0.2) is 5.78 Å². The van der Waals surface area contributed by atoms with Crippen molar-refractivity contribution in [3.05, 3.63) is 38.5 Å². The van der Waals surface area contributed by atoms with Gasteiger partial charge in [-0.15, -0.1) is 0 Å². The summed E-state index contributed by atoms with van der Waals surface area (Å²) in [7, 11) is 0. The summed E-state index contributed by atoms with van der Waals surface area (Å²) in [5.41, 5.74) is 3.56. The van der Waals surface area contributed by atoms with Gasteiger partial charge in [0.15, 0.2) is 5.78 Å². The van der Waals surface area contributed by atoms with Crippen molar-refractivity contribution in [2.45, 2.75) is 41.5 Å². The van der Waals surface area contributed by atoms with Crippen molar-refractivity contribution in [3.8, 4) is 0 Å². The highest BCUT2D eigenvalue weighted by molar-refractivity contribution is 8.24. The van der Waals surface area contributed by atoms with Gasteiger partial charge in [0.1, 0.15) is 0 Å². The summed E-state index contributed by atoms with van der Waals surface area (Å²) >= 11 is 3.22. The minimum absolute atomic E-state index is 0.172. The molecule has 0 unspecified atom stereocenters. The second-order valence-electron chi connectivity index (χ2n) is 6.51. The predicted octanol–water partition coefficient (Wildman–Crippen LogP) is 5.52. The Hall–Kier alpha value is -0.630. The van der Waals surface area contributed by atoms with Crippen molar-refractivity contribution in [1.29, 1.82) is 0 Å². The zero-order valence-electron chi connectivity index (χ0n) is 12.5. The molecule has 1 aliphatic rings. The van der Waals surface area contributed by atoms with Crippen LogP contribution in [0.5, 0.6) is 0 Å². The third-order valence-corrected chi connectivity index (χ3v) is 4.30. The van der Waals surface area contributed by atoms with Crippen LogP contribution in [0, 0.1) is 10.8 Å². The van der Waals surface area contributed by atoms with Crippen molar-refractivity contribution in [2.75, 3.05) is 0 Å². The van der Waals surface area contributed by atoms with Crippen molar-refractivity contribution in [2.24, 2.45) is 10.8 Å². The highest BCUT2D eigenvalue weighted by Crippen LogP contribution is 2.36. The van der Waals surface area contributed by atoms with E-state index < -0.39 is 0 Å². The number of carbonyl (C=O) groups excluding carboxylic acids is 1. The largest absolute Gasteiger partial charge is 0.293 e. The molecule has 1 heterocycles. The van der Waals surface area contributed by atoms with E-state index in [0.717, 1.165) is 9.81 Å². The number of thioether (sulfide) groups is 2. The van der Waals surface area contributed by atoms with Gasteiger partial charge in [0.25, 0.3) is 0 Å². The summed E-state index contributed by atoms with van der Waals surface area (Å²) in [6.07, 6.45) is 3.99. The fourth-order valence-corrected chi connectivity index (χ4v) is 2.90. The topological polar surface area (TPSA) is 17.1 Å². The third-order valence-electron chi connectivity index (χ3n) is 2.50. The van der Waals surface area contributed by atoms with E-state index in [1.165, 1.54) is 0 Å². The van der Waals surface area contributed by atoms with Gasteiger partial charge in [0.2, 0.25) is 0 Å². The molecule has 1 nitrogen and oxygen atoms in total. The normalized spacial score (nSPS) is 16.0. The van der Waals surface area contributed by atoms with Gasteiger partial charge in [-0.2, -0.15) is 0 Å². The average molecular weight is 294 g/mol. The first-order valence-electron chi connectivity index (χ1n) is 6.33. The molecule has 1 aliphatic heterocycles. The van der Waals surface area contributed by atoms with Crippen LogP contribution in [0.3, 0.4) is 0 Å². The lowest BCUT2D eigenvalue weighted by Gasteiger charge is -2.26. The molecule has 0 atom stereocenters. The molecule has 1 rings (SSSR count). The van der Waals surface area contributed by atoms with E-state index in [1.54, 1.807) is 23.5 Å². The molecule has 0 saturated heterocycles. The number of carbonyl (C=O) groups is 1. The van der Waals surface area contributed by atoms with Crippen LogP contribution in [0.4, 0.5) is 0 Å². The summed E-state index contributed by atoms with van der Waals surface area (Å²) in [5, 5.41) is 4.03. The molecular formula is C16H22OS2. The molecule has 0 spiro atoms. The SMILES string of the molecule is CC(C)(C)C(=O)C(=C=C1SC=CC=CS1)C(C)(C)C. The van der Waals surface area contributed by atoms with E-state index in [1.807, 2.05) is 43.7 Å². The van der Waals surface area contributed by atoms with Crippen LogP contribution in [0.1, 0.15) is 41.5 Å². The molecule has 0 aromatic carbocycles. The summed E-state index contributed by atoms with van der Waals surface area (Å²) in [4.78, 5) is 12.6. The maximum absolute atomic E-state index is 12.6. The zero-order chi connectivity index (χ0) is 14.7. The molecule has 0 saturated carbocycles. The fourth-order valence-electron chi connectivity index (χ4n) is 1.44. The third kappa shape index (κ3) is 5.10.